The van der Waals surface area contributed by atoms with E-state index in [0.29, 0.717) is 18.5 Å². The first-order valence-electron chi connectivity index (χ1n) is 9.37. The van der Waals surface area contributed by atoms with Crippen LogP contribution in [0.25, 0.3) is 0 Å². The number of imidazole rings is 1. The minimum absolute atomic E-state index is 0.104. The number of hydrogen-bond donors (Lipinski definition) is 1. The van der Waals surface area contributed by atoms with E-state index >= 15 is 0 Å². The lowest BCUT2D eigenvalue weighted by atomic mass is 10.1. The SMILES string of the molecule is Cn1ccnc1[C@@H](NC(=O)c1cccc(N2CCCC2=O)c1)c1ccccc1. The standard InChI is InChI=1S/C22H22N4O2/c1-25-14-12-23-21(25)20(16-7-3-2-4-8-16)24-22(28)17-9-5-10-18(15-17)26-13-6-11-19(26)27/h2-5,7-10,12,14-15,20H,6,11,13H2,1H3,(H,24,28)/t20-/m0/s1. The fraction of sp³-hybridized carbons (Fsp3) is 0.227. The van der Waals surface area contributed by atoms with Crippen LogP contribution in [0.4, 0.5) is 5.69 Å². The van der Waals surface area contributed by atoms with Crippen LogP contribution in [0, 0.1) is 0 Å². The molecular weight excluding hydrogens is 352 g/mol. The van der Waals surface area contributed by atoms with Crippen LogP contribution < -0.4 is 10.2 Å². The third-order valence-electron chi connectivity index (χ3n) is 5.02. The number of nitrogens with one attached hydrogen (secondary N) is 1. The molecule has 1 aliphatic heterocycles. The summed E-state index contributed by atoms with van der Waals surface area (Å²) in [5.74, 6) is 0.656. The molecule has 28 heavy (non-hydrogen) atoms. The monoisotopic (exact) mass is 374 g/mol. The van der Waals surface area contributed by atoms with Gasteiger partial charge in [-0.2, -0.15) is 0 Å². The van der Waals surface area contributed by atoms with Gasteiger partial charge in [0, 0.05) is 43.7 Å². The molecule has 0 aliphatic carbocycles. The summed E-state index contributed by atoms with van der Waals surface area (Å²) < 4.78 is 1.90. The summed E-state index contributed by atoms with van der Waals surface area (Å²) in [4.78, 5) is 31.2. The Morgan fingerprint density at radius 1 is 1.14 bits per heavy atom. The Labute approximate surface area is 163 Å². The molecule has 0 unspecified atom stereocenters. The number of amides is 2. The van der Waals surface area contributed by atoms with Crippen LogP contribution in [0.3, 0.4) is 0 Å². The van der Waals surface area contributed by atoms with Crippen LogP contribution in [0.2, 0.25) is 0 Å². The molecule has 1 saturated heterocycles. The Hall–Kier alpha value is -3.41. The molecule has 142 valence electrons. The highest BCUT2D eigenvalue weighted by molar-refractivity contribution is 5.99. The lowest BCUT2D eigenvalue weighted by Crippen LogP contribution is -2.31. The summed E-state index contributed by atoms with van der Waals surface area (Å²) in [7, 11) is 1.91. The summed E-state index contributed by atoms with van der Waals surface area (Å²) >= 11 is 0. The van der Waals surface area contributed by atoms with Crippen molar-refractivity contribution in [1.29, 1.82) is 0 Å². The van der Waals surface area contributed by atoms with Crippen molar-refractivity contribution >= 4 is 17.5 Å². The average molecular weight is 374 g/mol. The van der Waals surface area contributed by atoms with Gasteiger partial charge in [-0.25, -0.2) is 4.98 Å². The number of rotatable bonds is 5. The van der Waals surface area contributed by atoms with Crippen LogP contribution >= 0.6 is 0 Å². The fourth-order valence-corrected chi connectivity index (χ4v) is 3.55. The molecule has 3 aromatic rings. The van der Waals surface area contributed by atoms with E-state index in [0.717, 1.165) is 23.5 Å². The number of nitrogens with zero attached hydrogens (tertiary/aromatic N) is 3. The van der Waals surface area contributed by atoms with Crippen molar-refractivity contribution < 1.29 is 9.59 Å². The molecule has 6 heteroatoms. The van der Waals surface area contributed by atoms with Gasteiger partial charge < -0.3 is 14.8 Å². The molecule has 1 fully saturated rings. The first-order valence-corrected chi connectivity index (χ1v) is 9.37. The second kappa shape index (κ2) is 7.68. The van der Waals surface area contributed by atoms with E-state index in [4.69, 9.17) is 0 Å². The second-order valence-electron chi connectivity index (χ2n) is 6.91. The van der Waals surface area contributed by atoms with Crippen LogP contribution in [-0.4, -0.2) is 27.9 Å². The fourth-order valence-electron chi connectivity index (χ4n) is 3.55. The summed E-state index contributed by atoms with van der Waals surface area (Å²) in [5, 5.41) is 3.10. The van der Waals surface area contributed by atoms with Crippen molar-refractivity contribution in [2.75, 3.05) is 11.4 Å². The predicted molar refractivity (Wildman–Crippen MR) is 107 cm³/mol. The number of hydrogen-bond acceptors (Lipinski definition) is 3. The molecule has 1 atom stereocenters. The van der Waals surface area contributed by atoms with Crippen molar-refractivity contribution in [2.24, 2.45) is 7.05 Å². The molecule has 2 aromatic carbocycles. The van der Waals surface area contributed by atoms with Crippen molar-refractivity contribution in [3.05, 3.63) is 83.9 Å². The van der Waals surface area contributed by atoms with Gasteiger partial charge >= 0.3 is 0 Å². The zero-order valence-electron chi connectivity index (χ0n) is 15.7. The van der Waals surface area contributed by atoms with Gasteiger partial charge in [-0.15, -0.1) is 0 Å². The zero-order valence-corrected chi connectivity index (χ0v) is 15.7. The Morgan fingerprint density at radius 2 is 1.96 bits per heavy atom. The van der Waals surface area contributed by atoms with E-state index in [1.165, 1.54) is 0 Å². The number of carbonyl (C=O) groups excluding carboxylic acids is 2. The van der Waals surface area contributed by atoms with Crippen LogP contribution in [0.1, 0.15) is 40.6 Å². The molecular formula is C22H22N4O2. The Balaban J connectivity index is 1.62. The van der Waals surface area contributed by atoms with Gasteiger partial charge in [0.05, 0.1) is 0 Å². The van der Waals surface area contributed by atoms with E-state index in [2.05, 4.69) is 10.3 Å². The van der Waals surface area contributed by atoms with Crippen molar-refractivity contribution in [3.63, 3.8) is 0 Å². The van der Waals surface area contributed by atoms with Crippen molar-refractivity contribution in [1.82, 2.24) is 14.9 Å². The summed E-state index contributed by atoms with van der Waals surface area (Å²) in [6, 6.07) is 16.6. The minimum atomic E-state index is -0.370. The van der Waals surface area contributed by atoms with E-state index in [1.807, 2.05) is 60.3 Å². The van der Waals surface area contributed by atoms with E-state index in [9.17, 15) is 9.59 Å². The molecule has 1 N–H and O–H groups in total. The van der Waals surface area contributed by atoms with Gasteiger partial charge in [0.25, 0.3) is 5.91 Å². The molecule has 0 radical (unpaired) electrons. The van der Waals surface area contributed by atoms with E-state index in [1.54, 1.807) is 23.2 Å². The lowest BCUT2D eigenvalue weighted by Gasteiger charge is -2.20. The number of carbonyl (C=O) groups is 2. The van der Waals surface area contributed by atoms with Crippen LogP contribution in [0.5, 0.6) is 0 Å². The number of anilines is 1. The average Bonchev–Trinajstić information content (AvgIpc) is 3.35. The Morgan fingerprint density at radius 3 is 2.64 bits per heavy atom. The Bertz CT molecular complexity index is 997. The van der Waals surface area contributed by atoms with Crippen molar-refractivity contribution in [3.8, 4) is 0 Å². The molecule has 1 aliphatic rings. The summed E-state index contributed by atoms with van der Waals surface area (Å²) in [6.45, 7) is 0.698. The van der Waals surface area contributed by atoms with Crippen LogP contribution in [-0.2, 0) is 11.8 Å². The number of benzene rings is 2. The quantitative estimate of drug-likeness (QED) is 0.746. The second-order valence-corrected chi connectivity index (χ2v) is 6.91. The topological polar surface area (TPSA) is 67.2 Å². The third kappa shape index (κ3) is 3.53. The summed E-state index contributed by atoms with van der Waals surface area (Å²) in [5.41, 5.74) is 2.24. The molecule has 0 spiro atoms. The largest absolute Gasteiger partial charge is 0.338 e. The molecule has 0 saturated carbocycles. The molecule has 2 heterocycles. The smallest absolute Gasteiger partial charge is 0.252 e. The molecule has 4 rings (SSSR count). The number of aromatic nitrogens is 2. The van der Waals surface area contributed by atoms with Gasteiger partial charge in [-0.3, -0.25) is 9.59 Å². The molecule has 6 nitrogen and oxygen atoms in total. The summed E-state index contributed by atoms with van der Waals surface area (Å²) in [6.07, 6.45) is 4.99. The first kappa shape index (κ1) is 18.0. The van der Waals surface area contributed by atoms with Gasteiger partial charge in [-0.05, 0) is 30.2 Å². The lowest BCUT2D eigenvalue weighted by molar-refractivity contribution is -0.117. The maximum atomic E-state index is 13.0. The Kier molecular flexibility index (Phi) is 4.93. The van der Waals surface area contributed by atoms with Gasteiger partial charge in [0.15, 0.2) is 0 Å². The van der Waals surface area contributed by atoms with Gasteiger partial charge in [0.2, 0.25) is 5.91 Å². The molecule has 1 aromatic heterocycles. The third-order valence-corrected chi connectivity index (χ3v) is 5.02. The first-order chi connectivity index (χ1) is 13.6. The van der Waals surface area contributed by atoms with Gasteiger partial charge in [-0.1, -0.05) is 36.4 Å². The maximum absolute atomic E-state index is 13.0. The van der Waals surface area contributed by atoms with Crippen molar-refractivity contribution in [2.45, 2.75) is 18.9 Å². The molecule has 2 amide bonds. The highest BCUT2D eigenvalue weighted by Gasteiger charge is 2.24. The molecule has 0 bridgehead atoms. The normalized spacial score (nSPS) is 14.9. The minimum Gasteiger partial charge on any atom is -0.338 e. The number of aryl methyl sites for hydroxylation is 1. The van der Waals surface area contributed by atoms with E-state index < -0.39 is 0 Å². The highest BCUT2D eigenvalue weighted by atomic mass is 16.2. The predicted octanol–water partition coefficient (Wildman–Crippen LogP) is 3.07. The van der Waals surface area contributed by atoms with Crippen LogP contribution in [0.15, 0.2) is 67.0 Å². The highest BCUT2D eigenvalue weighted by Crippen LogP contribution is 2.24. The van der Waals surface area contributed by atoms with Gasteiger partial charge in [0.1, 0.15) is 11.9 Å². The van der Waals surface area contributed by atoms with E-state index in [-0.39, 0.29) is 17.9 Å². The maximum Gasteiger partial charge on any atom is 0.252 e. The zero-order chi connectivity index (χ0) is 19.5.